The molecule has 0 amide bonds. The standard InChI is InChI=1S/C13H18N4O7S/c1-17(2,3)10(9-24-25(20,21)22)8-23-13-12(16(18)19)11-6-4-5-7-15(11)14-13/h4-7,10H,8-9H2,1-3H3/p+1. The van der Waals surface area contributed by atoms with E-state index in [0.29, 0.717) is 0 Å². The van der Waals surface area contributed by atoms with Crippen molar-refractivity contribution in [1.82, 2.24) is 9.61 Å². The summed E-state index contributed by atoms with van der Waals surface area (Å²) >= 11 is 0. The minimum Gasteiger partial charge on any atom is -0.465 e. The molecule has 25 heavy (non-hydrogen) atoms. The lowest BCUT2D eigenvalue weighted by molar-refractivity contribution is -0.896. The van der Waals surface area contributed by atoms with Crippen LogP contribution >= 0.6 is 0 Å². The molecule has 2 heterocycles. The number of rotatable bonds is 8. The quantitative estimate of drug-likeness (QED) is 0.305. The van der Waals surface area contributed by atoms with Crippen molar-refractivity contribution in [2.24, 2.45) is 0 Å². The molecule has 0 bridgehead atoms. The maximum absolute atomic E-state index is 11.3. The molecule has 1 unspecified atom stereocenters. The van der Waals surface area contributed by atoms with Gasteiger partial charge in [0, 0.05) is 6.20 Å². The molecular formula is C13H19N4O7S+. The average Bonchev–Trinajstić information content (AvgIpc) is 2.82. The van der Waals surface area contributed by atoms with Crippen LogP contribution in [0.4, 0.5) is 5.69 Å². The zero-order chi connectivity index (χ0) is 18.8. The Morgan fingerprint density at radius 1 is 1.36 bits per heavy atom. The minimum absolute atomic E-state index is 0.107. The van der Waals surface area contributed by atoms with E-state index in [-0.39, 0.29) is 34.8 Å². The highest BCUT2D eigenvalue weighted by molar-refractivity contribution is 7.80. The van der Waals surface area contributed by atoms with Crippen molar-refractivity contribution in [2.45, 2.75) is 6.04 Å². The number of nitrogens with zero attached hydrogens (tertiary/aromatic N) is 4. The summed E-state index contributed by atoms with van der Waals surface area (Å²) < 4.78 is 41.7. The summed E-state index contributed by atoms with van der Waals surface area (Å²) in [6.45, 7) is -0.465. The summed E-state index contributed by atoms with van der Waals surface area (Å²) in [5.41, 5.74) is -0.00468. The molecule has 0 saturated carbocycles. The number of likely N-dealkylation sites (N-methyl/N-ethyl adjacent to an activating group) is 1. The van der Waals surface area contributed by atoms with Gasteiger partial charge in [-0.3, -0.25) is 14.7 Å². The van der Waals surface area contributed by atoms with Crippen LogP contribution in [-0.2, 0) is 14.6 Å². The molecule has 1 atom stereocenters. The predicted molar refractivity (Wildman–Crippen MR) is 86.7 cm³/mol. The monoisotopic (exact) mass is 375 g/mol. The van der Waals surface area contributed by atoms with E-state index in [1.54, 1.807) is 39.5 Å². The van der Waals surface area contributed by atoms with Gasteiger partial charge >= 0.3 is 22.0 Å². The van der Waals surface area contributed by atoms with Gasteiger partial charge in [-0.05, 0) is 12.1 Å². The van der Waals surface area contributed by atoms with Crippen molar-refractivity contribution < 1.29 is 31.3 Å². The van der Waals surface area contributed by atoms with Crippen LogP contribution in [0.5, 0.6) is 5.88 Å². The summed E-state index contributed by atoms with van der Waals surface area (Å²) in [5.74, 6) is -0.179. The van der Waals surface area contributed by atoms with Crippen molar-refractivity contribution in [1.29, 1.82) is 0 Å². The molecule has 0 saturated heterocycles. The van der Waals surface area contributed by atoms with E-state index in [0.717, 1.165) is 0 Å². The van der Waals surface area contributed by atoms with Gasteiger partial charge in [-0.1, -0.05) is 6.07 Å². The van der Waals surface area contributed by atoms with Gasteiger partial charge in [-0.2, -0.15) is 8.42 Å². The SMILES string of the molecule is C[N+](C)(C)C(COc1nn2ccccc2c1[N+](=O)[O-])COS(=O)(=O)O. The zero-order valence-electron chi connectivity index (χ0n) is 13.9. The Morgan fingerprint density at radius 2 is 2.04 bits per heavy atom. The van der Waals surface area contributed by atoms with Gasteiger partial charge in [0.15, 0.2) is 0 Å². The van der Waals surface area contributed by atoms with Gasteiger partial charge in [0.1, 0.15) is 24.8 Å². The van der Waals surface area contributed by atoms with Crippen molar-refractivity contribution in [3.05, 3.63) is 34.5 Å². The second-order valence-corrected chi connectivity index (χ2v) is 7.33. The van der Waals surface area contributed by atoms with Crippen molar-refractivity contribution in [3.8, 4) is 5.88 Å². The maximum Gasteiger partial charge on any atom is 0.397 e. The number of hydrogen-bond acceptors (Lipinski definition) is 7. The fourth-order valence-corrected chi connectivity index (χ4v) is 2.40. The summed E-state index contributed by atoms with van der Waals surface area (Å²) in [6.07, 6.45) is 1.55. The van der Waals surface area contributed by atoms with Gasteiger partial charge < -0.3 is 9.22 Å². The van der Waals surface area contributed by atoms with Crippen LogP contribution < -0.4 is 4.74 Å². The first kappa shape index (κ1) is 19.1. The van der Waals surface area contributed by atoms with E-state index < -0.39 is 21.4 Å². The molecule has 1 N–H and O–H groups in total. The zero-order valence-corrected chi connectivity index (χ0v) is 14.7. The number of pyridine rings is 1. The van der Waals surface area contributed by atoms with Crippen LogP contribution in [0.15, 0.2) is 24.4 Å². The Morgan fingerprint density at radius 3 is 2.60 bits per heavy atom. The third-order valence-electron chi connectivity index (χ3n) is 3.58. The first-order chi connectivity index (χ1) is 11.5. The summed E-state index contributed by atoms with van der Waals surface area (Å²) in [6, 6.07) is 4.31. The highest BCUT2D eigenvalue weighted by Crippen LogP contribution is 2.30. The van der Waals surface area contributed by atoms with Crippen LogP contribution in [-0.4, -0.2) is 72.4 Å². The normalized spacial score (nSPS) is 13.8. The fourth-order valence-electron chi connectivity index (χ4n) is 2.07. The van der Waals surface area contributed by atoms with E-state index in [9.17, 15) is 18.5 Å². The van der Waals surface area contributed by atoms with E-state index in [2.05, 4.69) is 9.28 Å². The lowest BCUT2D eigenvalue weighted by Crippen LogP contribution is -2.51. The van der Waals surface area contributed by atoms with Gasteiger partial charge in [0.05, 0.1) is 26.1 Å². The summed E-state index contributed by atoms with van der Waals surface area (Å²) in [5, 5.41) is 15.4. The highest BCUT2D eigenvalue weighted by Gasteiger charge is 2.30. The lowest BCUT2D eigenvalue weighted by atomic mass is 10.2. The van der Waals surface area contributed by atoms with E-state index in [1.165, 1.54) is 10.6 Å². The van der Waals surface area contributed by atoms with Crippen LogP contribution in [0.1, 0.15) is 0 Å². The second kappa shape index (κ2) is 6.92. The Hall–Kier alpha value is -2.28. The molecule has 0 aliphatic carbocycles. The smallest absolute Gasteiger partial charge is 0.397 e. The topological polar surface area (TPSA) is 133 Å². The van der Waals surface area contributed by atoms with Gasteiger partial charge in [-0.25, -0.2) is 8.70 Å². The first-order valence-corrected chi connectivity index (χ1v) is 8.53. The summed E-state index contributed by atoms with van der Waals surface area (Å²) in [4.78, 5) is 10.7. The van der Waals surface area contributed by atoms with Crippen LogP contribution in [0.3, 0.4) is 0 Å². The number of aromatic nitrogens is 2. The van der Waals surface area contributed by atoms with Gasteiger partial charge in [0.25, 0.3) is 0 Å². The first-order valence-electron chi connectivity index (χ1n) is 7.16. The van der Waals surface area contributed by atoms with Crippen LogP contribution in [0.2, 0.25) is 0 Å². The minimum atomic E-state index is -4.60. The average molecular weight is 375 g/mol. The number of hydrogen-bond donors (Lipinski definition) is 1. The molecule has 11 nitrogen and oxygen atoms in total. The molecule has 0 aliphatic rings. The fraction of sp³-hybridized carbons (Fsp3) is 0.462. The van der Waals surface area contributed by atoms with Crippen LogP contribution in [0, 0.1) is 10.1 Å². The Kier molecular flexibility index (Phi) is 5.27. The van der Waals surface area contributed by atoms with E-state index in [4.69, 9.17) is 9.29 Å². The number of fused-ring (bicyclic) bond motifs is 1. The molecule has 138 valence electrons. The van der Waals surface area contributed by atoms with E-state index >= 15 is 0 Å². The van der Waals surface area contributed by atoms with Crippen molar-refractivity contribution in [3.63, 3.8) is 0 Å². The van der Waals surface area contributed by atoms with Gasteiger partial charge in [0.2, 0.25) is 0 Å². The third kappa shape index (κ3) is 4.85. The molecule has 2 aromatic rings. The highest BCUT2D eigenvalue weighted by atomic mass is 32.3. The molecule has 0 fully saturated rings. The van der Waals surface area contributed by atoms with Crippen molar-refractivity contribution in [2.75, 3.05) is 34.4 Å². The molecule has 0 aliphatic heterocycles. The molecule has 2 rings (SSSR count). The largest absolute Gasteiger partial charge is 0.465 e. The predicted octanol–water partition coefficient (Wildman–Crippen LogP) is 0.515. The third-order valence-corrected chi connectivity index (χ3v) is 4.02. The Bertz CT molecular complexity index is 872. The molecule has 0 aromatic carbocycles. The number of quaternary nitrogens is 1. The molecular weight excluding hydrogens is 356 g/mol. The lowest BCUT2D eigenvalue weighted by Gasteiger charge is -2.32. The summed E-state index contributed by atoms with van der Waals surface area (Å²) in [7, 11) is 0.692. The maximum atomic E-state index is 11.3. The molecule has 0 spiro atoms. The number of nitro groups is 1. The second-order valence-electron chi connectivity index (χ2n) is 6.23. The van der Waals surface area contributed by atoms with Gasteiger partial charge in [-0.15, -0.1) is 5.10 Å². The Balaban J connectivity index is 2.24. The van der Waals surface area contributed by atoms with E-state index in [1.807, 2.05) is 0 Å². The Labute approximate surface area is 144 Å². The number of ether oxygens (including phenoxy) is 1. The van der Waals surface area contributed by atoms with Crippen LogP contribution in [0.25, 0.3) is 5.52 Å². The molecule has 2 aromatic heterocycles. The molecule has 12 heteroatoms. The van der Waals surface area contributed by atoms with Crippen molar-refractivity contribution >= 4 is 21.6 Å². The molecule has 0 radical (unpaired) electrons.